The molecule has 3 aromatic rings. The molecule has 0 saturated carbocycles. The quantitative estimate of drug-likeness (QED) is 0.711. The number of ether oxygens (including phenoxy) is 1. The fourth-order valence-corrected chi connectivity index (χ4v) is 4.54. The lowest BCUT2D eigenvalue weighted by Gasteiger charge is -2.38. The number of hydrogen-bond donors (Lipinski definition) is 0. The molecule has 2 bridgehead atoms. The summed E-state index contributed by atoms with van der Waals surface area (Å²) in [5, 5.41) is 5.04. The molecule has 2 aliphatic rings. The molecule has 1 aromatic carbocycles. The summed E-state index contributed by atoms with van der Waals surface area (Å²) in [4.78, 5) is 19.2. The van der Waals surface area contributed by atoms with Crippen LogP contribution in [0.5, 0.6) is 5.75 Å². The predicted molar refractivity (Wildman–Crippen MR) is 99.3 cm³/mol. The van der Waals surface area contributed by atoms with Gasteiger partial charge in [0.1, 0.15) is 17.5 Å². The zero-order valence-corrected chi connectivity index (χ0v) is 15.0. The van der Waals surface area contributed by atoms with Crippen LogP contribution in [0.15, 0.2) is 53.3 Å². The van der Waals surface area contributed by atoms with E-state index in [1.807, 2.05) is 36.4 Å². The first-order chi connectivity index (χ1) is 13.3. The second kappa shape index (κ2) is 6.68. The Morgan fingerprint density at radius 3 is 2.74 bits per heavy atom. The fraction of sp³-hybridized carbons (Fsp3) is 0.381. The lowest BCUT2D eigenvalue weighted by Crippen LogP contribution is -2.49. The molecule has 6 nitrogen and oxygen atoms in total. The summed E-state index contributed by atoms with van der Waals surface area (Å²) >= 11 is 0. The Labute approximate surface area is 157 Å². The van der Waals surface area contributed by atoms with Gasteiger partial charge in [-0.15, -0.1) is 0 Å². The average Bonchev–Trinajstić information content (AvgIpc) is 3.21. The van der Waals surface area contributed by atoms with E-state index in [4.69, 9.17) is 9.26 Å². The Kier molecular flexibility index (Phi) is 4.03. The van der Waals surface area contributed by atoms with Crippen molar-refractivity contribution in [3.05, 3.63) is 54.5 Å². The van der Waals surface area contributed by atoms with E-state index in [1.165, 1.54) is 0 Å². The van der Waals surface area contributed by atoms with Crippen molar-refractivity contribution in [1.82, 2.24) is 15.0 Å². The topological polar surface area (TPSA) is 68.5 Å². The number of rotatable bonds is 4. The molecule has 4 heterocycles. The van der Waals surface area contributed by atoms with Crippen LogP contribution in [-0.4, -0.2) is 39.1 Å². The zero-order valence-electron chi connectivity index (χ0n) is 15.0. The van der Waals surface area contributed by atoms with Crippen molar-refractivity contribution >= 4 is 16.9 Å². The standard InChI is InChI=1S/C21H21N3O3/c25-21(12-19-18-5-1-2-6-20(18)27-23-19)24-14-7-8-15(24)11-17(10-14)26-16-4-3-9-22-13-16/h1-6,9,13-15,17H,7-8,10-12H2. The summed E-state index contributed by atoms with van der Waals surface area (Å²) in [6.45, 7) is 0. The molecule has 2 aliphatic heterocycles. The van der Waals surface area contributed by atoms with Gasteiger partial charge in [-0.2, -0.15) is 0 Å². The number of piperidine rings is 1. The molecule has 5 rings (SSSR count). The summed E-state index contributed by atoms with van der Waals surface area (Å²) in [6.07, 6.45) is 7.75. The smallest absolute Gasteiger partial charge is 0.229 e. The highest BCUT2D eigenvalue weighted by Gasteiger charge is 2.44. The molecular formula is C21H21N3O3. The number of carbonyl (C=O) groups excluding carboxylic acids is 1. The van der Waals surface area contributed by atoms with Crippen LogP contribution in [0.4, 0.5) is 0 Å². The lowest BCUT2D eigenvalue weighted by atomic mass is 9.98. The number of aromatic nitrogens is 2. The van der Waals surface area contributed by atoms with Gasteiger partial charge in [0.15, 0.2) is 5.58 Å². The Balaban J connectivity index is 1.28. The van der Waals surface area contributed by atoms with E-state index < -0.39 is 0 Å². The second-order valence-corrected chi connectivity index (χ2v) is 7.39. The van der Waals surface area contributed by atoms with Gasteiger partial charge in [-0.05, 0) is 37.1 Å². The highest BCUT2D eigenvalue weighted by atomic mass is 16.5. The van der Waals surface area contributed by atoms with Gasteiger partial charge < -0.3 is 14.2 Å². The van der Waals surface area contributed by atoms with Crippen molar-refractivity contribution in [2.75, 3.05) is 0 Å². The van der Waals surface area contributed by atoms with E-state index in [9.17, 15) is 4.79 Å². The molecule has 1 amide bonds. The third-order valence-corrected chi connectivity index (χ3v) is 5.69. The molecule has 2 fully saturated rings. The summed E-state index contributed by atoms with van der Waals surface area (Å²) < 4.78 is 11.4. The van der Waals surface area contributed by atoms with Gasteiger partial charge in [-0.3, -0.25) is 9.78 Å². The Bertz CT molecular complexity index is 941. The van der Waals surface area contributed by atoms with Gasteiger partial charge in [0.25, 0.3) is 0 Å². The van der Waals surface area contributed by atoms with Crippen LogP contribution in [0, 0.1) is 0 Å². The number of pyridine rings is 1. The van der Waals surface area contributed by atoms with Crippen LogP contribution in [0.1, 0.15) is 31.4 Å². The number of amides is 1. The molecule has 0 N–H and O–H groups in total. The van der Waals surface area contributed by atoms with Crippen molar-refractivity contribution in [3.63, 3.8) is 0 Å². The largest absolute Gasteiger partial charge is 0.489 e. The maximum Gasteiger partial charge on any atom is 0.229 e. The van der Waals surface area contributed by atoms with E-state index in [-0.39, 0.29) is 30.5 Å². The number of nitrogens with zero attached hydrogens (tertiary/aromatic N) is 3. The fourth-order valence-electron chi connectivity index (χ4n) is 4.54. The summed E-state index contributed by atoms with van der Waals surface area (Å²) in [6, 6.07) is 12.0. The summed E-state index contributed by atoms with van der Waals surface area (Å²) in [5.41, 5.74) is 1.45. The van der Waals surface area contributed by atoms with E-state index in [0.29, 0.717) is 0 Å². The third kappa shape index (κ3) is 3.05. The van der Waals surface area contributed by atoms with Crippen molar-refractivity contribution in [2.45, 2.75) is 50.3 Å². The molecule has 0 aliphatic carbocycles. The maximum absolute atomic E-state index is 13.0. The summed E-state index contributed by atoms with van der Waals surface area (Å²) in [5.74, 6) is 0.942. The van der Waals surface area contributed by atoms with Gasteiger partial charge in [-0.25, -0.2) is 0 Å². The number of fused-ring (bicyclic) bond motifs is 3. The minimum absolute atomic E-state index is 0.140. The van der Waals surface area contributed by atoms with Gasteiger partial charge >= 0.3 is 0 Å². The predicted octanol–water partition coefficient (Wildman–Crippen LogP) is 3.37. The number of carbonyl (C=O) groups is 1. The van der Waals surface area contributed by atoms with Gasteiger partial charge in [0, 0.05) is 36.5 Å². The highest BCUT2D eigenvalue weighted by Crippen LogP contribution is 2.37. The van der Waals surface area contributed by atoms with Crippen LogP contribution in [0.25, 0.3) is 11.0 Å². The van der Waals surface area contributed by atoms with Crippen LogP contribution in [-0.2, 0) is 11.2 Å². The van der Waals surface area contributed by atoms with Crippen LogP contribution in [0.2, 0.25) is 0 Å². The van der Waals surface area contributed by atoms with Crippen molar-refractivity contribution < 1.29 is 14.1 Å². The molecule has 2 aromatic heterocycles. The molecule has 2 unspecified atom stereocenters. The normalized spacial score (nSPS) is 24.3. The first-order valence-corrected chi connectivity index (χ1v) is 9.49. The molecular weight excluding hydrogens is 342 g/mol. The SMILES string of the molecule is O=C(Cc1noc2ccccc12)N1C2CCC1CC(Oc1cccnc1)C2. The van der Waals surface area contributed by atoms with Gasteiger partial charge in [0.2, 0.25) is 5.91 Å². The lowest BCUT2D eigenvalue weighted by molar-refractivity contribution is -0.136. The Morgan fingerprint density at radius 2 is 1.96 bits per heavy atom. The Hall–Kier alpha value is -2.89. The molecule has 138 valence electrons. The van der Waals surface area contributed by atoms with Crippen LogP contribution in [0.3, 0.4) is 0 Å². The molecule has 27 heavy (non-hydrogen) atoms. The van der Waals surface area contributed by atoms with Crippen LogP contribution >= 0.6 is 0 Å². The van der Waals surface area contributed by atoms with Crippen molar-refractivity contribution in [2.24, 2.45) is 0 Å². The molecule has 0 spiro atoms. The number of para-hydroxylation sites is 1. The minimum Gasteiger partial charge on any atom is -0.489 e. The molecule has 2 atom stereocenters. The number of hydrogen-bond acceptors (Lipinski definition) is 5. The van der Waals surface area contributed by atoms with E-state index in [0.717, 1.165) is 48.1 Å². The van der Waals surface area contributed by atoms with Crippen molar-refractivity contribution in [3.8, 4) is 5.75 Å². The highest BCUT2D eigenvalue weighted by molar-refractivity contribution is 5.86. The van der Waals surface area contributed by atoms with E-state index in [2.05, 4.69) is 15.0 Å². The zero-order chi connectivity index (χ0) is 18.2. The van der Waals surface area contributed by atoms with Gasteiger partial charge in [-0.1, -0.05) is 17.3 Å². The first kappa shape index (κ1) is 16.3. The maximum atomic E-state index is 13.0. The Morgan fingerprint density at radius 1 is 1.15 bits per heavy atom. The number of benzene rings is 1. The molecule has 0 radical (unpaired) electrons. The van der Waals surface area contributed by atoms with Gasteiger partial charge in [0.05, 0.1) is 12.6 Å². The molecule has 6 heteroatoms. The average molecular weight is 363 g/mol. The van der Waals surface area contributed by atoms with Crippen molar-refractivity contribution in [1.29, 1.82) is 0 Å². The third-order valence-electron chi connectivity index (χ3n) is 5.69. The van der Waals surface area contributed by atoms with E-state index in [1.54, 1.807) is 12.4 Å². The monoisotopic (exact) mass is 363 g/mol. The first-order valence-electron chi connectivity index (χ1n) is 9.49. The molecule has 2 saturated heterocycles. The summed E-state index contributed by atoms with van der Waals surface area (Å²) in [7, 11) is 0. The van der Waals surface area contributed by atoms with E-state index >= 15 is 0 Å². The minimum atomic E-state index is 0.140. The second-order valence-electron chi connectivity index (χ2n) is 7.39. The van der Waals surface area contributed by atoms with Crippen LogP contribution < -0.4 is 4.74 Å².